The summed E-state index contributed by atoms with van der Waals surface area (Å²) >= 11 is 0. The first-order valence-corrected chi connectivity index (χ1v) is 15.5. The number of sulfonamides is 1. The normalized spacial score (nSPS) is 12.0. The number of nitrogens with one attached hydrogen (secondary N) is 1. The van der Waals surface area contributed by atoms with Gasteiger partial charge in [0, 0.05) is 19.2 Å². The van der Waals surface area contributed by atoms with Crippen molar-refractivity contribution in [3.8, 4) is 11.5 Å². The quantitative estimate of drug-likeness (QED) is 0.277. The summed E-state index contributed by atoms with van der Waals surface area (Å²) in [4.78, 5) is 28.7. The molecule has 3 rings (SSSR count). The van der Waals surface area contributed by atoms with Crippen molar-refractivity contribution in [2.45, 2.75) is 51.6 Å². The van der Waals surface area contributed by atoms with Gasteiger partial charge in [0.25, 0.3) is 10.0 Å². The highest BCUT2D eigenvalue weighted by molar-refractivity contribution is 7.92. The van der Waals surface area contributed by atoms with Gasteiger partial charge in [0.1, 0.15) is 18.4 Å². The van der Waals surface area contributed by atoms with Crippen LogP contribution in [0.3, 0.4) is 0 Å². The Hall–Kier alpha value is -4.12. The number of anilines is 1. The van der Waals surface area contributed by atoms with Crippen LogP contribution in [0, 0.1) is 18.7 Å². The standard InChI is InChI=1S/C32H40FN3O6S/c1-7-28(32(38)34-19-22(2)3)35(20-24-10-12-25(33)13-11-24)31(37)21-36(26-14-8-23(4)9-15-26)43(39,40)27-16-17-29(41-5)30(18-27)42-6/h8-18,22,28H,7,19-21H2,1-6H3,(H,34,38)/t28-/m0/s1. The van der Waals surface area contributed by atoms with Crippen LogP contribution >= 0.6 is 0 Å². The molecule has 9 nitrogen and oxygen atoms in total. The SMILES string of the molecule is CC[C@@H](C(=O)NCC(C)C)N(Cc1ccc(F)cc1)C(=O)CN(c1ccc(C)cc1)S(=O)(=O)c1ccc(OC)c(OC)c1. The Kier molecular flexibility index (Phi) is 11.5. The molecule has 3 aromatic carbocycles. The van der Waals surface area contributed by atoms with Gasteiger partial charge < -0.3 is 19.7 Å². The summed E-state index contributed by atoms with van der Waals surface area (Å²) in [6.07, 6.45) is 0.282. The maximum Gasteiger partial charge on any atom is 0.264 e. The molecule has 0 radical (unpaired) electrons. The van der Waals surface area contributed by atoms with Crippen molar-refractivity contribution in [2.75, 3.05) is 31.6 Å². The third-order valence-electron chi connectivity index (χ3n) is 6.88. The third kappa shape index (κ3) is 8.47. The van der Waals surface area contributed by atoms with E-state index in [1.54, 1.807) is 31.2 Å². The monoisotopic (exact) mass is 613 g/mol. The summed E-state index contributed by atoms with van der Waals surface area (Å²) < 4.78 is 53.5. The van der Waals surface area contributed by atoms with Crippen LogP contribution in [-0.4, -0.2) is 58.5 Å². The van der Waals surface area contributed by atoms with Gasteiger partial charge in [0.2, 0.25) is 11.8 Å². The molecule has 0 aromatic heterocycles. The highest BCUT2D eigenvalue weighted by Gasteiger charge is 2.34. The van der Waals surface area contributed by atoms with Crippen molar-refractivity contribution in [1.82, 2.24) is 10.2 Å². The van der Waals surface area contributed by atoms with E-state index < -0.39 is 34.3 Å². The fourth-order valence-corrected chi connectivity index (χ4v) is 5.90. The first-order valence-electron chi connectivity index (χ1n) is 14.0. The highest BCUT2D eigenvalue weighted by atomic mass is 32.2. The van der Waals surface area contributed by atoms with E-state index in [0.717, 1.165) is 9.87 Å². The first-order chi connectivity index (χ1) is 20.4. The van der Waals surface area contributed by atoms with Gasteiger partial charge in [-0.2, -0.15) is 0 Å². The van der Waals surface area contributed by atoms with Crippen LogP contribution < -0.4 is 19.1 Å². The van der Waals surface area contributed by atoms with E-state index in [0.29, 0.717) is 17.9 Å². The predicted octanol–water partition coefficient (Wildman–Crippen LogP) is 4.93. The maximum atomic E-state index is 14.1. The summed E-state index contributed by atoms with van der Waals surface area (Å²) in [7, 11) is -1.46. The van der Waals surface area contributed by atoms with Crippen molar-refractivity contribution in [1.29, 1.82) is 0 Å². The number of hydrogen-bond donors (Lipinski definition) is 1. The molecule has 0 saturated heterocycles. The van der Waals surface area contributed by atoms with Gasteiger partial charge in [-0.1, -0.05) is 50.6 Å². The van der Waals surface area contributed by atoms with Crippen molar-refractivity contribution < 1.29 is 31.9 Å². The lowest BCUT2D eigenvalue weighted by Gasteiger charge is -2.33. The van der Waals surface area contributed by atoms with Gasteiger partial charge in [-0.25, -0.2) is 12.8 Å². The van der Waals surface area contributed by atoms with Crippen LogP contribution in [0.5, 0.6) is 11.5 Å². The lowest BCUT2D eigenvalue weighted by molar-refractivity contribution is -0.140. The molecular formula is C32H40FN3O6S. The summed E-state index contributed by atoms with van der Waals surface area (Å²) in [5.41, 5.74) is 1.77. The first kappa shape index (κ1) is 33.4. The van der Waals surface area contributed by atoms with E-state index in [1.165, 1.54) is 61.6 Å². The number of methoxy groups -OCH3 is 2. The number of amides is 2. The zero-order valence-corrected chi connectivity index (χ0v) is 26.3. The molecule has 43 heavy (non-hydrogen) atoms. The summed E-state index contributed by atoms with van der Waals surface area (Å²) in [6, 6.07) is 15.7. The van der Waals surface area contributed by atoms with E-state index in [1.807, 2.05) is 20.8 Å². The Labute approximate surface area is 253 Å². The Morgan fingerprint density at radius 3 is 2.12 bits per heavy atom. The number of carbonyl (C=O) groups is 2. The maximum absolute atomic E-state index is 14.1. The van der Waals surface area contributed by atoms with Crippen molar-refractivity contribution >= 4 is 27.5 Å². The molecule has 0 aliphatic rings. The summed E-state index contributed by atoms with van der Waals surface area (Å²) in [5.74, 6) is -0.634. The lowest BCUT2D eigenvalue weighted by Crippen LogP contribution is -2.52. The number of halogens is 1. The fourth-order valence-electron chi connectivity index (χ4n) is 4.47. The van der Waals surface area contributed by atoms with E-state index in [4.69, 9.17) is 9.47 Å². The van der Waals surface area contributed by atoms with Crippen LogP contribution in [0.4, 0.5) is 10.1 Å². The van der Waals surface area contributed by atoms with Crippen LogP contribution in [-0.2, 0) is 26.2 Å². The van der Waals surface area contributed by atoms with E-state index in [2.05, 4.69) is 5.32 Å². The van der Waals surface area contributed by atoms with Crippen molar-refractivity contribution in [3.63, 3.8) is 0 Å². The lowest BCUT2D eigenvalue weighted by atomic mass is 10.1. The Morgan fingerprint density at radius 2 is 1.56 bits per heavy atom. The molecule has 0 aliphatic carbocycles. The predicted molar refractivity (Wildman–Crippen MR) is 164 cm³/mol. The second-order valence-corrected chi connectivity index (χ2v) is 12.4. The van der Waals surface area contributed by atoms with Gasteiger partial charge >= 0.3 is 0 Å². The second kappa shape index (κ2) is 14.9. The number of hydrogen-bond acceptors (Lipinski definition) is 6. The molecule has 0 bridgehead atoms. The van der Waals surface area contributed by atoms with Crippen LogP contribution in [0.15, 0.2) is 71.6 Å². The van der Waals surface area contributed by atoms with Gasteiger partial charge in [-0.15, -0.1) is 0 Å². The van der Waals surface area contributed by atoms with Crippen LogP contribution in [0.25, 0.3) is 0 Å². The fraction of sp³-hybridized carbons (Fsp3) is 0.375. The molecule has 0 saturated carbocycles. The summed E-state index contributed by atoms with van der Waals surface area (Å²) in [6.45, 7) is 7.37. The number of benzene rings is 3. The van der Waals surface area contributed by atoms with E-state index in [9.17, 15) is 22.4 Å². The van der Waals surface area contributed by atoms with E-state index >= 15 is 0 Å². The van der Waals surface area contributed by atoms with E-state index in [-0.39, 0.29) is 41.1 Å². The van der Waals surface area contributed by atoms with Gasteiger partial charge in [-0.05, 0) is 61.2 Å². The van der Waals surface area contributed by atoms with Crippen LogP contribution in [0.1, 0.15) is 38.3 Å². The molecule has 2 amide bonds. The minimum Gasteiger partial charge on any atom is -0.493 e. The third-order valence-corrected chi connectivity index (χ3v) is 8.65. The summed E-state index contributed by atoms with van der Waals surface area (Å²) in [5, 5.41) is 2.88. The second-order valence-electron chi connectivity index (χ2n) is 10.6. The smallest absolute Gasteiger partial charge is 0.264 e. The van der Waals surface area contributed by atoms with Gasteiger partial charge in [0.15, 0.2) is 11.5 Å². The highest BCUT2D eigenvalue weighted by Crippen LogP contribution is 2.32. The van der Waals surface area contributed by atoms with Gasteiger partial charge in [-0.3, -0.25) is 13.9 Å². The zero-order chi connectivity index (χ0) is 31.7. The minimum absolute atomic E-state index is 0.0230. The van der Waals surface area contributed by atoms with Gasteiger partial charge in [0.05, 0.1) is 24.8 Å². The zero-order valence-electron chi connectivity index (χ0n) is 25.5. The molecule has 3 aromatic rings. The minimum atomic E-state index is -4.31. The largest absolute Gasteiger partial charge is 0.493 e. The Balaban J connectivity index is 2.08. The average molecular weight is 614 g/mol. The average Bonchev–Trinajstić information content (AvgIpc) is 2.99. The van der Waals surface area contributed by atoms with Crippen LogP contribution in [0.2, 0.25) is 0 Å². The number of carbonyl (C=O) groups excluding carboxylic acids is 2. The molecule has 0 unspecified atom stereocenters. The number of nitrogens with zero attached hydrogens (tertiary/aromatic N) is 2. The molecular weight excluding hydrogens is 573 g/mol. The molecule has 0 fully saturated rings. The molecule has 0 spiro atoms. The number of aryl methyl sites for hydroxylation is 1. The molecule has 0 heterocycles. The Bertz CT molecular complexity index is 1490. The van der Waals surface area contributed by atoms with Crippen molar-refractivity contribution in [3.05, 3.63) is 83.7 Å². The number of rotatable bonds is 14. The molecule has 0 aliphatic heterocycles. The molecule has 232 valence electrons. The molecule has 1 N–H and O–H groups in total. The Morgan fingerprint density at radius 1 is 0.930 bits per heavy atom. The molecule has 11 heteroatoms. The number of ether oxygens (including phenoxy) is 2. The molecule has 1 atom stereocenters. The topological polar surface area (TPSA) is 105 Å². The van der Waals surface area contributed by atoms with Crippen molar-refractivity contribution in [2.24, 2.45) is 5.92 Å².